The number of carbonyl (C=O) groups is 1. The zero-order chi connectivity index (χ0) is 15.6. The van der Waals surface area contributed by atoms with Crippen molar-refractivity contribution in [2.75, 3.05) is 7.11 Å². The molecule has 5 nitrogen and oxygen atoms in total. The first-order valence-corrected chi connectivity index (χ1v) is 7.44. The molecule has 2 heterocycles. The molecule has 0 aliphatic rings. The topological polar surface area (TPSA) is 57.0 Å². The largest absolute Gasteiger partial charge is 0.467 e. The van der Waals surface area contributed by atoms with Gasteiger partial charge < -0.3 is 4.74 Å². The lowest BCUT2D eigenvalue weighted by Gasteiger charge is -2.21. The molecule has 0 radical (unpaired) electrons. The van der Waals surface area contributed by atoms with Crippen LogP contribution in [-0.4, -0.2) is 27.6 Å². The third-order valence-corrected chi connectivity index (χ3v) is 3.51. The summed E-state index contributed by atoms with van der Waals surface area (Å²) in [5.41, 5.74) is 1.40. The normalized spacial score (nSPS) is 14.4. The molecule has 0 saturated carbocycles. The third-order valence-electron chi connectivity index (χ3n) is 3.31. The predicted octanol–water partition coefficient (Wildman–Crippen LogP) is 3.49. The van der Waals surface area contributed by atoms with Crippen molar-refractivity contribution in [2.45, 2.75) is 38.6 Å². The fraction of sp³-hybridized carbons (Fsp3) is 0.533. The summed E-state index contributed by atoms with van der Waals surface area (Å²) in [6.07, 6.45) is 2.33. The molecule has 0 saturated heterocycles. The van der Waals surface area contributed by atoms with Crippen LogP contribution in [0, 0.1) is 5.92 Å². The van der Waals surface area contributed by atoms with Gasteiger partial charge in [-0.15, -0.1) is 11.6 Å². The van der Waals surface area contributed by atoms with Gasteiger partial charge in [0.05, 0.1) is 12.5 Å². The molecule has 0 fully saturated rings. The van der Waals surface area contributed by atoms with Gasteiger partial charge in [0, 0.05) is 6.20 Å². The number of carbonyl (C=O) groups excluding carboxylic acids is 1. The number of esters is 1. The number of halogens is 1. The fourth-order valence-electron chi connectivity index (χ4n) is 2.42. The SMILES string of the molecule is COC(=O)C(CC(C)C)n1c(C(C)Cl)nc2cccnc21. The minimum atomic E-state index is -0.467. The second kappa shape index (κ2) is 6.43. The lowest BCUT2D eigenvalue weighted by atomic mass is 10.0. The number of imidazole rings is 1. The first kappa shape index (κ1) is 15.8. The highest BCUT2D eigenvalue weighted by Crippen LogP contribution is 2.30. The van der Waals surface area contributed by atoms with E-state index in [9.17, 15) is 4.79 Å². The van der Waals surface area contributed by atoms with Crippen molar-refractivity contribution >= 4 is 28.7 Å². The molecule has 2 atom stereocenters. The fourth-order valence-corrected chi connectivity index (χ4v) is 2.58. The highest BCUT2D eigenvalue weighted by Gasteiger charge is 2.29. The summed E-state index contributed by atoms with van der Waals surface area (Å²) in [4.78, 5) is 21.1. The van der Waals surface area contributed by atoms with Gasteiger partial charge in [-0.2, -0.15) is 0 Å². The molecule has 2 aromatic heterocycles. The van der Waals surface area contributed by atoms with Crippen LogP contribution in [0.1, 0.15) is 44.4 Å². The summed E-state index contributed by atoms with van der Waals surface area (Å²) >= 11 is 6.25. The lowest BCUT2D eigenvalue weighted by Crippen LogP contribution is -2.24. The Hall–Kier alpha value is -1.62. The molecule has 114 valence electrons. The van der Waals surface area contributed by atoms with Crippen molar-refractivity contribution in [3.63, 3.8) is 0 Å². The van der Waals surface area contributed by atoms with Crippen molar-refractivity contribution < 1.29 is 9.53 Å². The summed E-state index contributed by atoms with van der Waals surface area (Å²) in [7, 11) is 1.39. The van der Waals surface area contributed by atoms with Crippen LogP contribution >= 0.6 is 11.6 Å². The molecular formula is C15H20ClN3O2. The monoisotopic (exact) mass is 309 g/mol. The van der Waals surface area contributed by atoms with Gasteiger partial charge in [-0.25, -0.2) is 14.8 Å². The molecule has 0 bridgehead atoms. The minimum Gasteiger partial charge on any atom is -0.467 e. The summed E-state index contributed by atoms with van der Waals surface area (Å²) < 4.78 is 6.78. The highest BCUT2D eigenvalue weighted by molar-refractivity contribution is 6.20. The second-order valence-electron chi connectivity index (χ2n) is 5.47. The van der Waals surface area contributed by atoms with Crippen LogP contribution in [0.2, 0.25) is 0 Å². The Kier molecular flexibility index (Phi) is 4.83. The number of hydrogen-bond acceptors (Lipinski definition) is 4. The molecule has 0 N–H and O–H groups in total. The van der Waals surface area contributed by atoms with Crippen LogP contribution in [0.25, 0.3) is 11.2 Å². The Morgan fingerprint density at radius 3 is 2.71 bits per heavy atom. The maximum Gasteiger partial charge on any atom is 0.328 e. The van der Waals surface area contributed by atoms with Crippen molar-refractivity contribution in [1.29, 1.82) is 0 Å². The Balaban J connectivity index is 2.64. The number of aromatic nitrogens is 3. The molecule has 0 aliphatic carbocycles. The number of hydrogen-bond donors (Lipinski definition) is 0. The van der Waals surface area contributed by atoms with E-state index >= 15 is 0 Å². The van der Waals surface area contributed by atoms with E-state index in [0.717, 1.165) is 5.52 Å². The van der Waals surface area contributed by atoms with Crippen LogP contribution in [0.4, 0.5) is 0 Å². The molecular weight excluding hydrogens is 290 g/mol. The molecule has 0 spiro atoms. The number of pyridine rings is 1. The molecule has 6 heteroatoms. The van der Waals surface area contributed by atoms with Crippen molar-refractivity contribution in [3.8, 4) is 0 Å². The van der Waals surface area contributed by atoms with Crippen LogP contribution in [0.15, 0.2) is 18.3 Å². The van der Waals surface area contributed by atoms with E-state index in [1.807, 2.05) is 23.6 Å². The molecule has 2 aromatic rings. The average Bonchev–Trinajstić information content (AvgIpc) is 2.83. The Morgan fingerprint density at radius 1 is 1.43 bits per heavy atom. The maximum absolute atomic E-state index is 12.2. The van der Waals surface area contributed by atoms with Crippen LogP contribution in [-0.2, 0) is 9.53 Å². The molecule has 2 rings (SSSR count). The van der Waals surface area contributed by atoms with Gasteiger partial charge in [0.2, 0.25) is 0 Å². The molecule has 0 aliphatic heterocycles. The van der Waals surface area contributed by atoms with Gasteiger partial charge >= 0.3 is 5.97 Å². The van der Waals surface area contributed by atoms with Crippen molar-refractivity contribution in [1.82, 2.24) is 14.5 Å². The van der Waals surface area contributed by atoms with Gasteiger partial charge in [0.15, 0.2) is 5.65 Å². The Morgan fingerprint density at radius 2 is 2.14 bits per heavy atom. The number of alkyl halides is 1. The van der Waals surface area contributed by atoms with Gasteiger partial charge in [-0.05, 0) is 31.4 Å². The maximum atomic E-state index is 12.2. The average molecular weight is 310 g/mol. The Labute approximate surface area is 129 Å². The van der Waals surface area contributed by atoms with Crippen molar-refractivity contribution in [3.05, 3.63) is 24.2 Å². The van der Waals surface area contributed by atoms with E-state index < -0.39 is 6.04 Å². The van der Waals surface area contributed by atoms with Gasteiger partial charge in [0.1, 0.15) is 17.4 Å². The van der Waals surface area contributed by atoms with Crippen LogP contribution in [0.3, 0.4) is 0 Å². The smallest absolute Gasteiger partial charge is 0.328 e. The molecule has 21 heavy (non-hydrogen) atoms. The standard InChI is InChI=1S/C15H20ClN3O2/c1-9(2)8-12(15(20)21-4)19-13(10(3)16)18-11-6-5-7-17-14(11)19/h5-7,9-10,12H,8H2,1-4H3. The van der Waals surface area contributed by atoms with E-state index in [4.69, 9.17) is 16.3 Å². The van der Waals surface area contributed by atoms with E-state index in [-0.39, 0.29) is 11.3 Å². The van der Waals surface area contributed by atoms with Crippen LogP contribution in [0.5, 0.6) is 0 Å². The van der Waals surface area contributed by atoms with Gasteiger partial charge in [0.25, 0.3) is 0 Å². The summed E-state index contributed by atoms with van der Waals surface area (Å²) in [5, 5.41) is -0.321. The van der Waals surface area contributed by atoms with E-state index in [1.54, 1.807) is 6.20 Å². The zero-order valence-electron chi connectivity index (χ0n) is 12.7. The van der Waals surface area contributed by atoms with Gasteiger partial charge in [-0.1, -0.05) is 13.8 Å². The van der Waals surface area contributed by atoms with Crippen LogP contribution < -0.4 is 0 Å². The number of ether oxygens (including phenoxy) is 1. The zero-order valence-corrected chi connectivity index (χ0v) is 13.5. The summed E-state index contributed by atoms with van der Waals surface area (Å²) in [6.45, 7) is 5.96. The van der Waals surface area contributed by atoms with E-state index in [0.29, 0.717) is 23.8 Å². The lowest BCUT2D eigenvalue weighted by molar-refractivity contribution is -0.145. The second-order valence-corrected chi connectivity index (χ2v) is 6.13. The van der Waals surface area contributed by atoms with E-state index in [2.05, 4.69) is 23.8 Å². The third kappa shape index (κ3) is 3.18. The summed E-state index contributed by atoms with van der Waals surface area (Å²) in [5.74, 6) is 0.669. The molecule has 2 unspecified atom stereocenters. The summed E-state index contributed by atoms with van der Waals surface area (Å²) in [6, 6.07) is 3.22. The minimum absolute atomic E-state index is 0.299. The number of nitrogens with zero attached hydrogens (tertiary/aromatic N) is 3. The molecule has 0 amide bonds. The number of methoxy groups -OCH3 is 1. The highest BCUT2D eigenvalue weighted by atomic mass is 35.5. The number of rotatable bonds is 5. The molecule has 0 aromatic carbocycles. The quantitative estimate of drug-likeness (QED) is 0.626. The number of fused-ring (bicyclic) bond motifs is 1. The van der Waals surface area contributed by atoms with E-state index in [1.165, 1.54) is 7.11 Å². The first-order chi connectivity index (χ1) is 9.95. The van der Waals surface area contributed by atoms with Crippen molar-refractivity contribution in [2.24, 2.45) is 5.92 Å². The Bertz CT molecular complexity index is 637. The first-order valence-electron chi connectivity index (χ1n) is 7.00. The predicted molar refractivity (Wildman–Crippen MR) is 82.3 cm³/mol. The van der Waals surface area contributed by atoms with Gasteiger partial charge in [-0.3, -0.25) is 4.57 Å².